The van der Waals surface area contributed by atoms with E-state index in [9.17, 15) is 0 Å². The topological polar surface area (TPSA) is 3.88 Å². The fourth-order valence-electron chi connectivity index (χ4n) is 2.97. The molecule has 0 N–H and O–H groups in total. The number of hydrogen-bond donors (Lipinski definition) is 0. The molecular weight excluding hydrogens is 315 g/mol. The Bertz CT molecular complexity index is 638. The third-order valence-electron chi connectivity index (χ3n) is 4.11. The van der Waals surface area contributed by atoms with Crippen molar-refractivity contribution in [3.63, 3.8) is 0 Å². The molecule has 0 spiro atoms. The Balaban J connectivity index is 2.65. The van der Waals surface area contributed by atoms with E-state index >= 15 is 0 Å². The van der Waals surface area contributed by atoms with E-state index in [1.54, 1.807) is 9.96 Å². The van der Waals surface area contributed by atoms with Crippen molar-refractivity contribution in [3.8, 4) is 11.3 Å². The zero-order valence-corrected chi connectivity index (χ0v) is 16.4. The number of rotatable bonds is 4. The van der Waals surface area contributed by atoms with Crippen LogP contribution in [0.15, 0.2) is 36.5 Å². The van der Waals surface area contributed by atoms with Crippen LogP contribution in [0.2, 0.25) is 17.3 Å². The molecule has 0 aliphatic heterocycles. The quantitative estimate of drug-likeness (QED) is 0.584. The second-order valence-corrected chi connectivity index (χ2v) is 17.6. The van der Waals surface area contributed by atoms with Crippen molar-refractivity contribution in [1.82, 2.24) is 0 Å². The number of aromatic nitrogens is 1. The molecule has 0 aliphatic carbocycles. The fourth-order valence-corrected chi connectivity index (χ4v) is 6.62. The Morgan fingerprint density at radius 3 is 2.33 bits per heavy atom. The second kappa shape index (κ2) is 6.35. The van der Waals surface area contributed by atoms with E-state index < -0.39 is 13.3 Å². The Hall–Kier alpha value is -1.09. The predicted molar refractivity (Wildman–Crippen MR) is 94.8 cm³/mol. The van der Waals surface area contributed by atoms with Gasteiger partial charge in [0.05, 0.1) is 0 Å². The van der Waals surface area contributed by atoms with Crippen molar-refractivity contribution in [2.75, 3.05) is 0 Å². The van der Waals surface area contributed by atoms with E-state index in [0.717, 1.165) is 0 Å². The van der Waals surface area contributed by atoms with Crippen molar-refractivity contribution < 1.29 is 4.57 Å². The molecule has 1 aromatic heterocycles. The van der Waals surface area contributed by atoms with Crippen molar-refractivity contribution in [3.05, 3.63) is 47.7 Å². The molecule has 1 heterocycles. The Morgan fingerprint density at radius 2 is 1.76 bits per heavy atom. The molecule has 0 aliphatic rings. The third kappa shape index (κ3) is 3.57. The normalized spacial score (nSPS) is 11.7. The average molecular weight is 343 g/mol. The molecule has 0 atom stereocenters. The van der Waals surface area contributed by atoms with E-state index in [1.807, 2.05) is 0 Å². The molecule has 2 rings (SSSR count). The van der Waals surface area contributed by atoms with Crippen LogP contribution < -0.4 is 8.96 Å². The Kier molecular flexibility index (Phi) is 4.93. The van der Waals surface area contributed by atoms with Gasteiger partial charge in [0.25, 0.3) is 0 Å². The molecular formula is C19H28GeN+. The minimum absolute atomic E-state index is 1.19. The Morgan fingerprint density at radius 1 is 1.10 bits per heavy atom. The summed E-state index contributed by atoms with van der Waals surface area (Å²) in [6.07, 6.45) is 4.82. The summed E-state index contributed by atoms with van der Waals surface area (Å²) < 4.78 is 3.98. The zero-order valence-electron chi connectivity index (χ0n) is 14.3. The number of hydrogen-bond acceptors (Lipinski definition) is 0. The van der Waals surface area contributed by atoms with E-state index in [2.05, 4.69) is 79.3 Å². The van der Waals surface area contributed by atoms with Crippen LogP contribution in [0.4, 0.5) is 0 Å². The second-order valence-electron chi connectivity index (χ2n) is 7.02. The van der Waals surface area contributed by atoms with Gasteiger partial charge in [-0.25, -0.2) is 0 Å². The summed E-state index contributed by atoms with van der Waals surface area (Å²) >= 11 is -1.83. The van der Waals surface area contributed by atoms with Gasteiger partial charge in [-0.1, -0.05) is 0 Å². The number of nitrogens with zero attached hydrogens (tertiary/aromatic N) is 1. The first kappa shape index (κ1) is 16.3. The first-order valence-electron chi connectivity index (χ1n) is 7.93. The van der Waals surface area contributed by atoms with Crippen molar-refractivity contribution in [1.29, 1.82) is 0 Å². The van der Waals surface area contributed by atoms with Gasteiger partial charge < -0.3 is 0 Å². The van der Waals surface area contributed by atoms with E-state index in [-0.39, 0.29) is 0 Å². The zero-order chi connectivity index (χ0) is 15.6. The molecule has 0 bridgehead atoms. The van der Waals surface area contributed by atoms with Gasteiger partial charge in [-0.2, -0.15) is 0 Å². The van der Waals surface area contributed by atoms with Gasteiger partial charge in [0.1, 0.15) is 0 Å². The van der Waals surface area contributed by atoms with Gasteiger partial charge in [-0.05, 0) is 0 Å². The maximum atomic E-state index is 2.49. The van der Waals surface area contributed by atoms with Crippen LogP contribution in [0.25, 0.3) is 11.3 Å². The first-order valence-corrected chi connectivity index (χ1v) is 15.3. The van der Waals surface area contributed by atoms with Gasteiger partial charge in [-0.15, -0.1) is 0 Å². The summed E-state index contributed by atoms with van der Waals surface area (Å²) in [7, 11) is 2.19. The van der Waals surface area contributed by atoms with E-state index in [4.69, 9.17) is 0 Å². The van der Waals surface area contributed by atoms with Crippen LogP contribution in [0.3, 0.4) is 0 Å². The summed E-state index contributed by atoms with van der Waals surface area (Å²) in [5, 5.41) is 0. The summed E-state index contributed by atoms with van der Waals surface area (Å²) in [5.41, 5.74) is 5.61. The van der Waals surface area contributed by atoms with E-state index in [1.165, 1.54) is 29.7 Å². The number of pyridine rings is 1. The van der Waals surface area contributed by atoms with Crippen LogP contribution in [0.5, 0.6) is 0 Å². The van der Waals surface area contributed by atoms with Crippen LogP contribution >= 0.6 is 0 Å². The number of aryl methyl sites for hydroxylation is 3. The van der Waals surface area contributed by atoms with E-state index in [0.29, 0.717) is 0 Å². The molecule has 0 unspecified atom stereocenters. The van der Waals surface area contributed by atoms with Crippen LogP contribution in [-0.2, 0) is 13.5 Å². The molecule has 0 radical (unpaired) electrons. The van der Waals surface area contributed by atoms with Gasteiger partial charge in [0.2, 0.25) is 0 Å². The van der Waals surface area contributed by atoms with Crippen LogP contribution in [0, 0.1) is 6.92 Å². The predicted octanol–water partition coefficient (Wildman–Crippen LogP) is 3.98. The number of benzene rings is 1. The van der Waals surface area contributed by atoms with Gasteiger partial charge in [-0.3, -0.25) is 0 Å². The van der Waals surface area contributed by atoms with Crippen molar-refractivity contribution >= 4 is 17.7 Å². The van der Waals surface area contributed by atoms with Gasteiger partial charge >= 0.3 is 132 Å². The molecule has 1 aromatic carbocycles. The van der Waals surface area contributed by atoms with Gasteiger partial charge in [0, 0.05) is 0 Å². The van der Waals surface area contributed by atoms with Gasteiger partial charge in [0.15, 0.2) is 0 Å². The molecule has 112 valence electrons. The Labute approximate surface area is 132 Å². The summed E-state index contributed by atoms with van der Waals surface area (Å²) in [5.74, 6) is 7.46. The molecule has 0 saturated carbocycles. The average Bonchev–Trinajstić information content (AvgIpc) is 2.40. The third-order valence-corrected chi connectivity index (χ3v) is 8.44. The van der Waals surface area contributed by atoms with Crippen molar-refractivity contribution in [2.24, 2.45) is 7.05 Å². The fraction of sp³-hybridized carbons (Fsp3) is 0.421. The summed E-state index contributed by atoms with van der Waals surface area (Å²) in [4.78, 5) is 0. The first-order chi connectivity index (χ1) is 9.84. The van der Waals surface area contributed by atoms with Crippen molar-refractivity contribution in [2.45, 2.75) is 44.0 Å². The van der Waals surface area contributed by atoms with Crippen LogP contribution in [0.1, 0.15) is 24.5 Å². The molecule has 2 heteroatoms. The molecule has 1 nitrogen and oxygen atoms in total. The molecule has 0 amide bonds. The minimum atomic E-state index is -1.83. The summed E-state index contributed by atoms with van der Waals surface area (Å²) in [6, 6.07) is 11.1. The maximum absolute atomic E-state index is 2.49. The molecule has 2 aromatic rings. The standard InChI is InChI=1S/C19H28GeN/c1-7-10-16-13-19(17-12-9-8-11-15(17)2)21(6)14-18(16)20(3,4)5/h8-9,11-14H,7,10H2,1-6H3/q+1. The molecule has 0 fully saturated rings. The van der Waals surface area contributed by atoms with Crippen LogP contribution in [-0.4, -0.2) is 13.3 Å². The molecule has 21 heavy (non-hydrogen) atoms. The SMILES string of the molecule is CCCc1cc(-c2ccccc2C)[n+](C)c[c]1[Ge]([CH3])([CH3])[CH3]. The molecule has 0 saturated heterocycles. The summed E-state index contributed by atoms with van der Waals surface area (Å²) in [6.45, 7) is 4.48. The monoisotopic (exact) mass is 344 g/mol.